The van der Waals surface area contributed by atoms with Crippen LogP contribution in [0.5, 0.6) is 0 Å². The predicted molar refractivity (Wildman–Crippen MR) is 71.4 cm³/mol. The Kier molecular flexibility index (Phi) is 5.59. The number of carbonyl (C=O) groups excluding carboxylic acids is 1. The molecule has 5 heteroatoms. The van der Waals surface area contributed by atoms with Crippen molar-refractivity contribution in [3.05, 3.63) is 0 Å². The van der Waals surface area contributed by atoms with Crippen LogP contribution in [0.3, 0.4) is 0 Å². The minimum absolute atomic E-state index is 0.0525. The summed E-state index contributed by atoms with van der Waals surface area (Å²) < 4.78 is 11.3. The van der Waals surface area contributed by atoms with Crippen LogP contribution in [0.4, 0.5) is 0 Å². The van der Waals surface area contributed by atoms with Gasteiger partial charge < -0.3 is 10.2 Å². The van der Waals surface area contributed by atoms with E-state index in [1.165, 1.54) is 0 Å². The second kappa shape index (κ2) is 6.50. The summed E-state index contributed by atoms with van der Waals surface area (Å²) in [4.78, 5) is 14.0. The van der Waals surface area contributed by atoms with Crippen LogP contribution in [0.2, 0.25) is 0 Å². The lowest BCUT2D eigenvalue weighted by Crippen LogP contribution is -2.53. The summed E-state index contributed by atoms with van der Waals surface area (Å²) in [5, 5.41) is 3.35. The van der Waals surface area contributed by atoms with Gasteiger partial charge in [0.05, 0.1) is 6.04 Å². The van der Waals surface area contributed by atoms with Crippen molar-refractivity contribution in [2.75, 3.05) is 19.3 Å². The number of rotatable bonds is 5. The molecule has 4 nitrogen and oxygen atoms in total. The summed E-state index contributed by atoms with van der Waals surface area (Å²) in [6.07, 6.45) is 3.64. The molecule has 1 saturated heterocycles. The third-order valence-corrected chi connectivity index (χ3v) is 4.39. The van der Waals surface area contributed by atoms with Crippen LogP contribution in [0.15, 0.2) is 0 Å². The normalized spacial score (nSPS) is 25.1. The molecule has 100 valence electrons. The van der Waals surface area contributed by atoms with Crippen molar-refractivity contribution in [3.8, 4) is 0 Å². The molecule has 0 aromatic heterocycles. The Morgan fingerprint density at radius 3 is 2.65 bits per heavy atom. The molecular weight excluding hydrogens is 236 g/mol. The van der Waals surface area contributed by atoms with Crippen LogP contribution in [0, 0.1) is 0 Å². The largest absolute Gasteiger partial charge is 0.340 e. The summed E-state index contributed by atoms with van der Waals surface area (Å²) in [5.41, 5.74) is 0. The highest BCUT2D eigenvalue weighted by Gasteiger charge is 2.29. The van der Waals surface area contributed by atoms with E-state index in [0.29, 0.717) is 12.6 Å². The molecule has 0 aromatic rings. The number of nitrogens with one attached hydrogen (secondary N) is 1. The van der Waals surface area contributed by atoms with Crippen molar-refractivity contribution in [1.29, 1.82) is 0 Å². The van der Waals surface area contributed by atoms with E-state index in [1.54, 1.807) is 6.26 Å². The molecule has 0 saturated carbocycles. The van der Waals surface area contributed by atoms with Gasteiger partial charge in [0.1, 0.15) is 0 Å². The second-order valence-corrected chi connectivity index (χ2v) is 6.91. The van der Waals surface area contributed by atoms with E-state index in [4.69, 9.17) is 0 Å². The Morgan fingerprint density at radius 2 is 2.12 bits per heavy atom. The first kappa shape index (κ1) is 14.6. The van der Waals surface area contributed by atoms with Gasteiger partial charge in [-0.05, 0) is 19.8 Å². The van der Waals surface area contributed by atoms with Gasteiger partial charge in [-0.3, -0.25) is 9.00 Å². The average Bonchev–Trinajstić information content (AvgIpc) is 2.23. The summed E-state index contributed by atoms with van der Waals surface area (Å²) >= 11 is 0. The van der Waals surface area contributed by atoms with E-state index in [2.05, 4.69) is 19.2 Å². The molecule has 1 amide bonds. The van der Waals surface area contributed by atoms with Crippen molar-refractivity contribution >= 4 is 16.7 Å². The first-order chi connectivity index (χ1) is 7.91. The van der Waals surface area contributed by atoms with Crippen LogP contribution in [-0.2, 0) is 15.6 Å². The number of likely N-dealkylation sites (tertiary alicyclic amines) is 1. The van der Waals surface area contributed by atoms with Crippen molar-refractivity contribution in [1.82, 2.24) is 10.2 Å². The van der Waals surface area contributed by atoms with Crippen LogP contribution < -0.4 is 5.32 Å². The van der Waals surface area contributed by atoms with E-state index < -0.39 is 10.8 Å². The zero-order chi connectivity index (χ0) is 13.0. The third-order valence-electron chi connectivity index (χ3n) is 3.11. The fourth-order valence-corrected chi connectivity index (χ4v) is 2.48. The van der Waals surface area contributed by atoms with Crippen molar-refractivity contribution < 1.29 is 9.00 Å². The zero-order valence-electron chi connectivity index (χ0n) is 11.2. The third kappa shape index (κ3) is 4.39. The summed E-state index contributed by atoms with van der Waals surface area (Å²) in [7, 11) is -0.863. The van der Waals surface area contributed by atoms with Crippen LogP contribution >= 0.6 is 0 Å². The molecule has 0 bridgehead atoms. The minimum atomic E-state index is -0.863. The SMILES string of the molecule is CC(C)NC1CCCN(CC(C)S(C)=O)C1=O. The quantitative estimate of drug-likeness (QED) is 0.793. The van der Waals surface area contributed by atoms with E-state index in [9.17, 15) is 9.00 Å². The number of carbonyl (C=O) groups is 1. The molecule has 0 aliphatic carbocycles. The lowest BCUT2D eigenvalue weighted by molar-refractivity contribution is -0.136. The number of hydrogen-bond acceptors (Lipinski definition) is 3. The molecule has 1 aliphatic rings. The molecule has 1 rings (SSSR count). The average molecular weight is 260 g/mol. The zero-order valence-corrected chi connectivity index (χ0v) is 12.0. The van der Waals surface area contributed by atoms with Gasteiger partial charge in [0.25, 0.3) is 0 Å². The first-order valence-corrected chi connectivity index (χ1v) is 7.91. The van der Waals surface area contributed by atoms with Crippen LogP contribution in [-0.4, -0.2) is 51.7 Å². The number of piperidine rings is 1. The van der Waals surface area contributed by atoms with Crippen molar-refractivity contribution in [3.63, 3.8) is 0 Å². The Morgan fingerprint density at radius 1 is 1.47 bits per heavy atom. The monoisotopic (exact) mass is 260 g/mol. The number of nitrogens with zero attached hydrogens (tertiary/aromatic N) is 1. The highest BCUT2D eigenvalue weighted by Crippen LogP contribution is 2.13. The fourth-order valence-electron chi connectivity index (χ4n) is 2.09. The Balaban J connectivity index is 2.56. The number of amides is 1. The standard InChI is InChI=1S/C12H24N2O2S/c1-9(2)13-11-6-5-7-14(12(11)15)8-10(3)17(4)16/h9-11,13H,5-8H2,1-4H3. The molecule has 0 aromatic carbocycles. The van der Waals surface area contributed by atoms with Gasteiger partial charge in [0.2, 0.25) is 5.91 Å². The van der Waals surface area contributed by atoms with E-state index >= 15 is 0 Å². The molecule has 1 aliphatic heterocycles. The maximum Gasteiger partial charge on any atom is 0.239 e. The van der Waals surface area contributed by atoms with Crippen molar-refractivity contribution in [2.45, 2.75) is 50.9 Å². The molecule has 1 N–H and O–H groups in total. The smallest absolute Gasteiger partial charge is 0.239 e. The molecule has 0 spiro atoms. The van der Waals surface area contributed by atoms with Crippen LogP contribution in [0.1, 0.15) is 33.6 Å². The molecule has 3 atom stereocenters. The summed E-state index contributed by atoms with van der Waals surface area (Å²) in [6.45, 7) is 7.45. The van der Waals surface area contributed by atoms with Crippen LogP contribution in [0.25, 0.3) is 0 Å². The van der Waals surface area contributed by atoms with E-state index in [-0.39, 0.29) is 17.2 Å². The second-order valence-electron chi connectivity index (χ2n) is 5.11. The van der Waals surface area contributed by atoms with Gasteiger partial charge in [0, 0.05) is 41.4 Å². The van der Waals surface area contributed by atoms with Gasteiger partial charge in [-0.1, -0.05) is 13.8 Å². The lowest BCUT2D eigenvalue weighted by atomic mass is 10.0. The maximum atomic E-state index is 12.2. The van der Waals surface area contributed by atoms with Gasteiger partial charge in [-0.25, -0.2) is 0 Å². The Hall–Kier alpha value is -0.420. The highest BCUT2D eigenvalue weighted by molar-refractivity contribution is 7.84. The summed E-state index contributed by atoms with van der Waals surface area (Å²) in [5.74, 6) is 0.169. The van der Waals surface area contributed by atoms with E-state index in [0.717, 1.165) is 19.4 Å². The van der Waals surface area contributed by atoms with E-state index in [1.807, 2.05) is 11.8 Å². The van der Waals surface area contributed by atoms with Gasteiger partial charge in [-0.15, -0.1) is 0 Å². The predicted octanol–water partition coefficient (Wildman–Crippen LogP) is 0.742. The Labute approximate surface area is 107 Å². The first-order valence-electron chi connectivity index (χ1n) is 6.29. The molecule has 17 heavy (non-hydrogen) atoms. The van der Waals surface area contributed by atoms with Gasteiger partial charge in [0.15, 0.2) is 0 Å². The number of hydrogen-bond donors (Lipinski definition) is 1. The lowest BCUT2D eigenvalue weighted by Gasteiger charge is -2.34. The highest BCUT2D eigenvalue weighted by atomic mass is 32.2. The Bertz CT molecular complexity index is 294. The van der Waals surface area contributed by atoms with Crippen molar-refractivity contribution in [2.24, 2.45) is 0 Å². The molecule has 3 unspecified atom stereocenters. The topological polar surface area (TPSA) is 49.4 Å². The molecular formula is C12H24N2O2S. The van der Waals surface area contributed by atoms with Gasteiger partial charge in [-0.2, -0.15) is 0 Å². The fraction of sp³-hybridized carbons (Fsp3) is 0.917. The maximum absolute atomic E-state index is 12.2. The van der Waals surface area contributed by atoms with Gasteiger partial charge >= 0.3 is 0 Å². The minimum Gasteiger partial charge on any atom is -0.340 e. The molecule has 0 radical (unpaired) electrons. The summed E-state index contributed by atoms with van der Waals surface area (Å²) in [6, 6.07) is 0.267. The molecule has 1 heterocycles. The molecule has 1 fully saturated rings.